The van der Waals surface area contributed by atoms with E-state index in [-0.39, 0.29) is 18.4 Å². The van der Waals surface area contributed by atoms with Gasteiger partial charge in [-0.05, 0) is 38.1 Å². The number of likely N-dealkylation sites (tertiary alicyclic amines) is 1. The molecule has 1 aromatic carbocycles. The van der Waals surface area contributed by atoms with E-state index in [2.05, 4.69) is 15.4 Å². The van der Waals surface area contributed by atoms with E-state index in [1.54, 1.807) is 31.4 Å². The van der Waals surface area contributed by atoms with Crippen LogP contribution in [0.4, 0.5) is 5.82 Å². The highest BCUT2D eigenvalue weighted by molar-refractivity contribution is 6.00. The minimum atomic E-state index is -0.344. The quantitative estimate of drug-likeness (QED) is 0.670. The second-order valence-electron chi connectivity index (χ2n) is 7.13. The van der Waals surface area contributed by atoms with Gasteiger partial charge in [0.05, 0.1) is 19.8 Å². The maximum Gasteiger partial charge on any atom is 0.258 e. The van der Waals surface area contributed by atoms with E-state index < -0.39 is 0 Å². The molecule has 0 aliphatic carbocycles. The molecule has 2 aromatic rings. The normalized spacial score (nSPS) is 14.2. The minimum Gasteiger partial charge on any atom is -0.497 e. The molecule has 1 aromatic heterocycles. The van der Waals surface area contributed by atoms with E-state index in [9.17, 15) is 9.59 Å². The second kappa shape index (κ2) is 10.6. The highest BCUT2D eigenvalue weighted by Crippen LogP contribution is 2.26. The topological polar surface area (TPSA) is 97.1 Å². The fourth-order valence-electron chi connectivity index (χ4n) is 3.48. The van der Waals surface area contributed by atoms with Gasteiger partial charge in [-0.1, -0.05) is 11.6 Å². The highest BCUT2D eigenvalue weighted by atomic mass is 16.5. The lowest BCUT2D eigenvalue weighted by molar-refractivity contribution is -0.117. The number of methoxy groups -OCH3 is 2. The molecule has 9 heteroatoms. The van der Waals surface area contributed by atoms with Crippen LogP contribution in [-0.4, -0.2) is 73.7 Å². The Balaban J connectivity index is 1.74. The van der Waals surface area contributed by atoms with Crippen LogP contribution in [0.2, 0.25) is 0 Å². The monoisotopic (exact) mass is 416 g/mol. The third-order valence-electron chi connectivity index (χ3n) is 5.10. The van der Waals surface area contributed by atoms with Gasteiger partial charge in [0.15, 0.2) is 5.82 Å². The summed E-state index contributed by atoms with van der Waals surface area (Å²) in [6.07, 6.45) is 4.93. The molecule has 1 N–H and O–H groups in total. The van der Waals surface area contributed by atoms with Crippen molar-refractivity contribution in [1.29, 1.82) is 0 Å². The number of aromatic nitrogens is 1. The Bertz CT molecular complexity index is 834. The van der Waals surface area contributed by atoms with Crippen LogP contribution >= 0.6 is 0 Å². The molecule has 2 amide bonds. The summed E-state index contributed by atoms with van der Waals surface area (Å²) in [5, 5.41) is 6.32. The van der Waals surface area contributed by atoms with Gasteiger partial charge in [0.1, 0.15) is 24.3 Å². The number of nitrogens with zero attached hydrogens (tertiary/aromatic N) is 3. The Kier molecular flexibility index (Phi) is 7.67. The van der Waals surface area contributed by atoms with Gasteiger partial charge >= 0.3 is 0 Å². The Hall–Kier alpha value is -3.07. The molecule has 3 rings (SSSR count). The van der Waals surface area contributed by atoms with Gasteiger partial charge in [-0.3, -0.25) is 9.59 Å². The molecule has 9 nitrogen and oxygen atoms in total. The minimum absolute atomic E-state index is 0.102. The molecule has 0 spiro atoms. The zero-order valence-electron chi connectivity index (χ0n) is 17.4. The van der Waals surface area contributed by atoms with Crippen molar-refractivity contribution in [1.82, 2.24) is 15.0 Å². The van der Waals surface area contributed by atoms with Crippen LogP contribution in [0.25, 0.3) is 0 Å². The Morgan fingerprint density at radius 3 is 2.63 bits per heavy atom. The van der Waals surface area contributed by atoms with E-state index in [1.165, 1.54) is 24.7 Å². The molecule has 162 valence electrons. The summed E-state index contributed by atoms with van der Waals surface area (Å²) in [5.41, 5.74) is 0.381. The summed E-state index contributed by atoms with van der Waals surface area (Å²) in [6, 6.07) is 6.56. The van der Waals surface area contributed by atoms with Crippen molar-refractivity contribution >= 4 is 17.6 Å². The van der Waals surface area contributed by atoms with Crippen molar-refractivity contribution in [3.05, 3.63) is 36.1 Å². The fourth-order valence-corrected chi connectivity index (χ4v) is 3.48. The number of piperidine rings is 1. The van der Waals surface area contributed by atoms with Crippen LogP contribution in [0.3, 0.4) is 0 Å². The maximum absolute atomic E-state index is 13.3. The summed E-state index contributed by atoms with van der Waals surface area (Å²) in [7, 11) is 3.05. The van der Waals surface area contributed by atoms with E-state index in [4.69, 9.17) is 14.0 Å². The molecule has 0 atom stereocenters. The van der Waals surface area contributed by atoms with Gasteiger partial charge in [0.25, 0.3) is 5.91 Å². The van der Waals surface area contributed by atoms with E-state index in [1.807, 2.05) is 0 Å². The van der Waals surface area contributed by atoms with E-state index in [0.29, 0.717) is 36.0 Å². The van der Waals surface area contributed by atoms with Crippen LogP contribution in [0.15, 0.2) is 35.1 Å². The molecule has 2 heterocycles. The number of carbonyl (C=O) groups excluding carboxylic acids is 2. The van der Waals surface area contributed by atoms with E-state index in [0.717, 1.165) is 25.9 Å². The smallest absolute Gasteiger partial charge is 0.258 e. The predicted molar refractivity (Wildman–Crippen MR) is 111 cm³/mol. The number of hydrogen-bond donors (Lipinski definition) is 1. The molecule has 1 aliphatic rings. The highest BCUT2D eigenvalue weighted by Gasteiger charge is 2.24. The first-order valence-electron chi connectivity index (χ1n) is 10.0. The summed E-state index contributed by atoms with van der Waals surface area (Å²) in [5.74, 6) is 0.682. The van der Waals surface area contributed by atoms with Crippen molar-refractivity contribution in [2.24, 2.45) is 0 Å². The Labute approximate surface area is 175 Å². The van der Waals surface area contributed by atoms with Crippen LogP contribution in [0.1, 0.15) is 29.6 Å². The van der Waals surface area contributed by atoms with Gasteiger partial charge in [-0.2, -0.15) is 0 Å². The number of ether oxygens (including phenoxy) is 2. The lowest BCUT2D eigenvalue weighted by Crippen LogP contribution is -2.43. The van der Waals surface area contributed by atoms with Crippen molar-refractivity contribution in [2.75, 3.05) is 52.3 Å². The van der Waals surface area contributed by atoms with Crippen molar-refractivity contribution in [3.8, 4) is 11.5 Å². The summed E-state index contributed by atoms with van der Waals surface area (Å²) < 4.78 is 15.3. The lowest BCUT2D eigenvalue weighted by Gasteiger charge is -2.30. The van der Waals surface area contributed by atoms with Gasteiger partial charge in [0, 0.05) is 25.2 Å². The molecule has 1 saturated heterocycles. The molecule has 30 heavy (non-hydrogen) atoms. The average molecular weight is 416 g/mol. The molecule has 0 bridgehead atoms. The zero-order valence-corrected chi connectivity index (χ0v) is 17.4. The first kappa shape index (κ1) is 21.6. The van der Waals surface area contributed by atoms with Crippen LogP contribution in [0.5, 0.6) is 11.5 Å². The van der Waals surface area contributed by atoms with Crippen molar-refractivity contribution in [3.63, 3.8) is 0 Å². The zero-order chi connectivity index (χ0) is 21.3. The van der Waals surface area contributed by atoms with Crippen LogP contribution in [-0.2, 0) is 4.79 Å². The van der Waals surface area contributed by atoms with Crippen LogP contribution in [0, 0.1) is 0 Å². The number of hydrogen-bond acceptors (Lipinski definition) is 7. The molecule has 0 unspecified atom stereocenters. The average Bonchev–Trinajstić information content (AvgIpc) is 3.29. The number of nitrogens with one attached hydrogen (secondary N) is 1. The molecular weight excluding hydrogens is 388 g/mol. The van der Waals surface area contributed by atoms with Gasteiger partial charge < -0.3 is 29.1 Å². The number of anilines is 1. The lowest BCUT2D eigenvalue weighted by atomic mass is 10.1. The predicted octanol–water partition coefficient (Wildman–Crippen LogP) is 2.26. The second-order valence-corrected chi connectivity index (χ2v) is 7.13. The largest absolute Gasteiger partial charge is 0.497 e. The molecule has 0 radical (unpaired) electrons. The van der Waals surface area contributed by atoms with Gasteiger partial charge in [0.2, 0.25) is 5.91 Å². The first-order chi connectivity index (χ1) is 14.6. The fraction of sp³-hybridized carbons (Fsp3) is 0.476. The Morgan fingerprint density at radius 1 is 1.17 bits per heavy atom. The molecular formula is C21H28N4O5. The SMILES string of the molecule is COc1ccc(C(=O)N(CCN2CCCCC2)CC(=O)Nc2ccon2)c(OC)c1. The summed E-state index contributed by atoms with van der Waals surface area (Å²) in [6.45, 7) is 3.06. The number of rotatable bonds is 9. The molecule has 0 saturated carbocycles. The van der Waals surface area contributed by atoms with Crippen molar-refractivity contribution in [2.45, 2.75) is 19.3 Å². The van der Waals surface area contributed by atoms with E-state index >= 15 is 0 Å². The third-order valence-corrected chi connectivity index (χ3v) is 5.10. The standard InChI is InChI=1S/C21H28N4O5/c1-28-16-6-7-17(18(14-16)29-2)21(27)25(12-11-24-9-4-3-5-10-24)15-20(26)22-19-8-13-30-23-19/h6-8,13-14H,3-5,9-12,15H2,1-2H3,(H,22,23,26). The third kappa shape index (κ3) is 5.73. The molecule has 1 aliphatic heterocycles. The number of amides is 2. The first-order valence-corrected chi connectivity index (χ1v) is 10.0. The Morgan fingerprint density at radius 2 is 1.97 bits per heavy atom. The summed E-state index contributed by atoms with van der Waals surface area (Å²) in [4.78, 5) is 29.7. The number of carbonyl (C=O) groups is 2. The summed E-state index contributed by atoms with van der Waals surface area (Å²) >= 11 is 0. The van der Waals surface area contributed by atoms with Crippen molar-refractivity contribution < 1.29 is 23.6 Å². The number of benzene rings is 1. The van der Waals surface area contributed by atoms with Gasteiger partial charge in [-0.15, -0.1) is 0 Å². The maximum atomic E-state index is 13.3. The van der Waals surface area contributed by atoms with Gasteiger partial charge in [-0.25, -0.2) is 0 Å². The molecule has 1 fully saturated rings. The van der Waals surface area contributed by atoms with Crippen LogP contribution < -0.4 is 14.8 Å².